The monoisotopic (exact) mass is 469 g/mol. The average Bonchev–Trinajstić information content (AvgIpc) is 2.83. The first-order valence-corrected chi connectivity index (χ1v) is 11.2. The maximum Gasteiger partial charge on any atom is 0.270 e. The van der Waals surface area contributed by atoms with Crippen LogP contribution in [0.25, 0.3) is 0 Å². The van der Waals surface area contributed by atoms with Crippen molar-refractivity contribution in [2.45, 2.75) is 25.7 Å². The summed E-state index contributed by atoms with van der Waals surface area (Å²) in [6.45, 7) is 0. The van der Waals surface area contributed by atoms with Crippen LogP contribution in [-0.4, -0.2) is 25.3 Å². The van der Waals surface area contributed by atoms with Crippen LogP contribution >= 0.6 is 0 Å². The van der Waals surface area contributed by atoms with Gasteiger partial charge in [-0.15, -0.1) is 0 Å². The predicted molar refractivity (Wildman–Crippen MR) is 130 cm³/mol. The fraction of sp³-hybridized carbons (Fsp3) is 0.143. The van der Waals surface area contributed by atoms with Gasteiger partial charge in [-0.25, -0.2) is 0 Å². The summed E-state index contributed by atoms with van der Waals surface area (Å²) in [6, 6.07) is 18.4. The molecule has 0 fully saturated rings. The highest BCUT2D eigenvalue weighted by molar-refractivity contribution is 5.57. The van der Waals surface area contributed by atoms with Crippen molar-refractivity contribution in [3.05, 3.63) is 121 Å². The number of hydrogen-bond donors (Lipinski definition) is 4. The van der Waals surface area contributed by atoms with E-state index in [9.17, 15) is 30.5 Å². The number of non-ortho nitro benzene ring substituents is 1. The van der Waals surface area contributed by atoms with Gasteiger partial charge < -0.3 is 20.4 Å². The van der Waals surface area contributed by atoms with Crippen LogP contribution < -0.4 is 0 Å². The normalized spacial score (nSPS) is 12.8. The van der Waals surface area contributed by atoms with Gasteiger partial charge in [0.2, 0.25) is 0 Å². The molecule has 4 N–H and O–H groups in total. The van der Waals surface area contributed by atoms with E-state index in [1.54, 1.807) is 48.5 Å². The Morgan fingerprint density at radius 2 is 0.771 bits per heavy atom. The van der Waals surface area contributed by atoms with Gasteiger partial charge in [0.1, 0.15) is 23.0 Å². The Morgan fingerprint density at radius 1 is 0.514 bits per heavy atom. The minimum absolute atomic E-state index is 0.0136. The van der Waals surface area contributed by atoms with E-state index < -0.39 is 4.92 Å². The molecule has 7 nitrogen and oxygen atoms in total. The first kappa shape index (κ1) is 22.3. The number of hydrogen-bond acceptors (Lipinski definition) is 6. The van der Waals surface area contributed by atoms with Gasteiger partial charge >= 0.3 is 0 Å². The Labute approximate surface area is 201 Å². The molecule has 0 aliphatic heterocycles. The lowest BCUT2D eigenvalue weighted by Crippen LogP contribution is -2.02. The lowest BCUT2D eigenvalue weighted by atomic mass is 9.91. The third-order valence-electron chi connectivity index (χ3n) is 6.60. The molecular formula is C28H23NO6. The van der Waals surface area contributed by atoms with Gasteiger partial charge in [0.25, 0.3) is 5.69 Å². The molecule has 0 aromatic heterocycles. The maximum absolute atomic E-state index is 11.6. The topological polar surface area (TPSA) is 124 Å². The Bertz CT molecular complexity index is 1380. The molecule has 1 aliphatic carbocycles. The quantitative estimate of drug-likeness (QED) is 0.200. The molecule has 0 atom stereocenters. The van der Waals surface area contributed by atoms with Crippen LogP contribution in [0, 0.1) is 10.1 Å². The zero-order chi connectivity index (χ0) is 24.7. The Kier molecular flexibility index (Phi) is 5.53. The highest BCUT2D eigenvalue weighted by Gasteiger charge is 2.21. The van der Waals surface area contributed by atoms with Gasteiger partial charge in [-0.1, -0.05) is 54.6 Å². The molecule has 0 radical (unpaired) electrons. The van der Waals surface area contributed by atoms with Crippen LogP contribution in [0.5, 0.6) is 23.0 Å². The van der Waals surface area contributed by atoms with E-state index in [0.717, 1.165) is 0 Å². The number of nitro groups is 1. The molecule has 4 aromatic carbocycles. The number of aromatic hydroxyl groups is 4. The van der Waals surface area contributed by atoms with Crippen LogP contribution in [0.2, 0.25) is 0 Å². The van der Waals surface area contributed by atoms with Gasteiger partial charge in [0.05, 0.1) is 4.92 Å². The third kappa shape index (κ3) is 4.12. The summed E-state index contributed by atoms with van der Waals surface area (Å²) in [6.07, 6.45) is 0.658. The Hall–Kier alpha value is -4.52. The highest BCUT2D eigenvalue weighted by Crippen LogP contribution is 2.38. The lowest BCUT2D eigenvalue weighted by Gasteiger charge is -2.17. The summed E-state index contributed by atoms with van der Waals surface area (Å²) in [5.41, 5.74) is 3.82. The van der Waals surface area contributed by atoms with E-state index in [1.807, 2.05) is 6.07 Å². The van der Waals surface area contributed by atoms with Crippen molar-refractivity contribution < 1.29 is 25.3 Å². The Morgan fingerprint density at radius 3 is 1.06 bits per heavy atom. The molecule has 0 heterocycles. The van der Waals surface area contributed by atoms with E-state index in [1.165, 1.54) is 12.1 Å². The second-order valence-corrected chi connectivity index (χ2v) is 8.85. The minimum atomic E-state index is -0.521. The third-order valence-corrected chi connectivity index (χ3v) is 6.60. The molecule has 35 heavy (non-hydrogen) atoms. The second kappa shape index (κ2) is 8.68. The molecule has 0 saturated carbocycles. The Balaban J connectivity index is 1.75. The van der Waals surface area contributed by atoms with Crippen molar-refractivity contribution in [2.24, 2.45) is 0 Å². The number of benzene rings is 4. The molecule has 176 valence electrons. The van der Waals surface area contributed by atoms with Crippen molar-refractivity contribution in [3.63, 3.8) is 0 Å². The number of fused-ring (bicyclic) bond motifs is 8. The number of rotatable bonds is 1. The van der Waals surface area contributed by atoms with Gasteiger partial charge in [0, 0.05) is 48.9 Å². The smallest absolute Gasteiger partial charge is 0.270 e. The van der Waals surface area contributed by atoms with Gasteiger partial charge in [0.15, 0.2) is 0 Å². The van der Waals surface area contributed by atoms with Crippen molar-refractivity contribution in [1.29, 1.82) is 0 Å². The minimum Gasteiger partial charge on any atom is -0.507 e. The predicted octanol–water partition coefficient (Wildman–Crippen LogP) is 5.09. The number of phenols is 4. The lowest BCUT2D eigenvalue weighted by molar-refractivity contribution is -0.385. The van der Waals surface area contributed by atoms with Gasteiger partial charge in [-0.2, -0.15) is 0 Å². The number of phenolic OH excluding ortho intramolecular Hbond substituents is 4. The molecule has 4 aromatic rings. The van der Waals surface area contributed by atoms with Gasteiger partial charge in [-0.05, 0) is 33.4 Å². The van der Waals surface area contributed by atoms with Crippen LogP contribution in [0.4, 0.5) is 5.69 Å². The molecule has 8 bridgehead atoms. The maximum atomic E-state index is 11.6. The van der Waals surface area contributed by atoms with E-state index >= 15 is 0 Å². The summed E-state index contributed by atoms with van der Waals surface area (Å²) in [5.74, 6) is 0.0206. The standard InChI is InChI=1S/C28H23NO6/c30-25-16-4-1-5-17(25)11-19-7-3-9-21(27(19)32)13-23-15-24(29(34)35)14-22(28(23)33)12-20-8-2-6-18(10-16)26(20)31/h1-9,14-15,30-33H,10-13H2. The van der Waals surface area contributed by atoms with Crippen LogP contribution in [0.15, 0.2) is 66.7 Å². The number of nitrogens with zero attached hydrogens (tertiary/aromatic N) is 1. The summed E-state index contributed by atoms with van der Waals surface area (Å²) in [7, 11) is 0. The molecular weight excluding hydrogens is 446 g/mol. The molecule has 5 rings (SSSR count). The van der Waals surface area contributed by atoms with E-state index in [2.05, 4.69) is 0 Å². The number of nitro benzene ring substituents is 1. The average molecular weight is 469 g/mol. The van der Waals surface area contributed by atoms with Crippen LogP contribution in [-0.2, 0) is 25.7 Å². The fourth-order valence-electron chi connectivity index (χ4n) is 4.73. The van der Waals surface area contributed by atoms with Crippen molar-refractivity contribution in [2.75, 3.05) is 0 Å². The van der Waals surface area contributed by atoms with E-state index in [-0.39, 0.29) is 54.4 Å². The first-order valence-electron chi connectivity index (χ1n) is 11.2. The molecule has 7 heteroatoms. The number of para-hydroxylation sites is 3. The van der Waals surface area contributed by atoms with E-state index in [0.29, 0.717) is 44.5 Å². The second-order valence-electron chi connectivity index (χ2n) is 8.85. The molecule has 0 unspecified atom stereocenters. The summed E-state index contributed by atoms with van der Waals surface area (Å²) >= 11 is 0. The van der Waals surface area contributed by atoms with Crippen molar-refractivity contribution in [1.82, 2.24) is 0 Å². The summed E-state index contributed by atoms with van der Waals surface area (Å²) < 4.78 is 0. The largest absolute Gasteiger partial charge is 0.507 e. The first-order chi connectivity index (χ1) is 16.8. The summed E-state index contributed by atoms with van der Waals surface area (Å²) in [4.78, 5) is 11.1. The SMILES string of the molecule is O=[N+]([O-])c1cc2c(O)c(c1)Cc1cccc(c1O)Cc1cccc(c1O)Cc1cccc(c1O)C2. The molecule has 0 amide bonds. The van der Waals surface area contributed by atoms with Crippen molar-refractivity contribution in [3.8, 4) is 23.0 Å². The zero-order valence-electron chi connectivity index (χ0n) is 18.7. The highest BCUT2D eigenvalue weighted by atomic mass is 16.6. The molecule has 1 aliphatic rings. The summed E-state index contributed by atoms with van der Waals surface area (Å²) in [5, 5.41) is 55.6. The fourth-order valence-corrected chi connectivity index (χ4v) is 4.73. The van der Waals surface area contributed by atoms with Crippen LogP contribution in [0.1, 0.15) is 44.5 Å². The van der Waals surface area contributed by atoms with Crippen LogP contribution in [0.3, 0.4) is 0 Å². The molecule has 0 saturated heterocycles. The van der Waals surface area contributed by atoms with Crippen molar-refractivity contribution >= 4 is 5.69 Å². The molecule has 0 spiro atoms. The zero-order valence-corrected chi connectivity index (χ0v) is 18.7. The van der Waals surface area contributed by atoms with Gasteiger partial charge in [-0.3, -0.25) is 10.1 Å². The van der Waals surface area contributed by atoms with E-state index in [4.69, 9.17) is 0 Å².